The molecule has 2 aliphatic rings. The van der Waals surface area contributed by atoms with Crippen molar-refractivity contribution in [2.75, 3.05) is 12.3 Å². The average molecular weight is 511 g/mol. The van der Waals surface area contributed by atoms with Crippen LogP contribution in [0.5, 0.6) is 0 Å². The summed E-state index contributed by atoms with van der Waals surface area (Å²) in [4.78, 5) is 13.1. The topological polar surface area (TPSA) is 131 Å². The van der Waals surface area contributed by atoms with Gasteiger partial charge >= 0.3 is 0 Å². The molecule has 1 spiro atoms. The third-order valence-electron chi connectivity index (χ3n) is 6.91. The number of aliphatic hydroxyl groups excluding tert-OH is 2. The van der Waals surface area contributed by atoms with Crippen LogP contribution in [0.25, 0.3) is 21.9 Å². The summed E-state index contributed by atoms with van der Waals surface area (Å²) in [6.45, 7) is 2.32. The molecule has 5 N–H and O–H groups in total. The van der Waals surface area contributed by atoms with Gasteiger partial charge in [0.25, 0.3) is 0 Å². The number of fused-ring (bicyclic) bond motifs is 2. The molecule has 5 heterocycles. The maximum atomic E-state index is 11.1. The number of nitrogen functional groups attached to an aromatic ring is 1. The van der Waals surface area contributed by atoms with Gasteiger partial charge in [0.15, 0.2) is 6.23 Å². The van der Waals surface area contributed by atoms with Gasteiger partial charge in [-0.05, 0) is 53.0 Å². The highest BCUT2D eigenvalue weighted by atomic mass is 79.9. The van der Waals surface area contributed by atoms with Crippen molar-refractivity contribution >= 4 is 43.7 Å². The number of nitrogens with one attached hydrogen (secondary N) is 1. The number of nitrogens with zero attached hydrogens (tertiary/aromatic N) is 4. The van der Waals surface area contributed by atoms with Crippen molar-refractivity contribution < 1.29 is 14.9 Å². The van der Waals surface area contributed by atoms with E-state index in [2.05, 4.69) is 36.2 Å². The zero-order valence-electron chi connectivity index (χ0n) is 17.8. The van der Waals surface area contributed by atoms with Gasteiger partial charge in [-0.15, -0.1) is 0 Å². The Morgan fingerprint density at radius 1 is 1.24 bits per heavy atom. The summed E-state index contributed by atoms with van der Waals surface area (Å²) in [7, 11) is 0. The molecule has 1 aromatic carbocycles. The Kier molecular flexibility index (Phi) is 4.72. The van der Waals surface area contributed by atoms with Crippen LogP contribution in [-0.2, 0) is 4.74 Å². The van der Waals surface area contributed by atoms with Crippen LogP contribution in [0, 0.1) is 6.92 Å². The molecule has 2 saturated heterocycles. The van der Waals surface area contributed by atoms with Gasteiger partial charge in [-0.2, -0.15) is 0 Å². The van der Waals surface area contributed by atoms with Gasteiger partial charge in [0.1, 0.15) is 35.6 Å². The van der Waals surface area contributed by atoms with Crippen LogP contribution in [0.15, 0.2) is 47.3 Å². The van der Waals surface area contributed by atoms with E-state index < -0.39 is 24.0 Å². The molecular formula is C23H23BrN6O3. The van der Waals surface area contributed by atoms with E-state index in [9.17, 15) is 10.2 Å². The number of benzene rings is 1. The minimum atomic E-state index is -1.09. The summed E-state index contributed by atoms with van der Waals surface area (Å²) in [5, 5.41) is 27.3. The van der Waals surface area contributed by atoms with Gasteiger partial charge in [0.05, 0.1) is 15.7 Å². The van der Waals surface area contributed by atoms with Gasteiger partial charge in [-0.25, -0.2) is 15.0 Å². The highest BCUT2D eigenvalue weighted by Crippen LogP contribution is 2.46. The van der Waals surface area contributed by atoms with Crippen LogP contribution in [-0.4, -0.2) is 54.1 Å². The number of aliphatic hydroxyl groups is 2. The van der Waals surface area contributed by atoms with Crippen LogP contribution in [0.3, 0.4) is 0 Å². The van der Waals surface area contributed by atoms with E-state index in [-0.39, 0.29) is 6.04 Å². The van der Waals surface area contributed by atoms with E-state index in [1.807, 2.05) is 43.5 Å². The fourth-order valence-corrected chi connectivity index (χ4v) is 5.43. The van der Waals surface area contributed by atoms with Crippen molar-refractivity contribution in [2.45, 2.75) is 43.4 Å². The second-order valence-electron chi connectivity index (χ2n) is 8.87. The number of halogens is 1. The van der Waals surface area contributed by atoms with E-state index in [0.29, 0.717) is 24.4 Å². The summed E-state index contributed by atoms with van der Waals surface area (Å²) in [5.41, 5.74) is 8.38. The number of aromatic nitrogens is 4. The molecule has 9 nitrogen and oxygen atoms in total. The Hall–Kier alpha value is -2.63. The third-order valence-corrected chi connectivity index (χ3v) is 7.55. The second kappa shape index (κ2) is 7.44. The van der Waals surface area contributed by atoms with E-state index in [1.165, 1.54) is 6.33 Å². The molecule has 0 radical (unpaired) electrons. The largest absolute Gasteiger partial charge is 0.387 e. The number of nitrogens with two attached hydrogens (primary N) is 1. The zero-order valence-corrected chi connectivity index (χ0v) is 19.4. The van der Waals surface area contributed by atoms with Crippen LogP contribution >= 0.6 is 15.9 Å². The Morgan fingerprint density at radius 2 is 2.09 bits per heavy atom. The first-order valence-corrected chi connectivity index (χ1v) is 11.6. The second-order valence-corrected chi connectivity index (χ2v) is 9.73. The van der Waals surface area contributed by atoms with Crippen LogP contribution in [0.4, 0.5) is 5.82 Å². The minimum Gasteiger partial charge on any atom is -0.387 e. The van der Waals surface area contributed by atoms with Crippen LogP contribution in [0.2, 0.25) is 0 Å². The first kappa shape index (κ1) is 20.9. The number of pyridine rings is 1. The molecule has 6 rings (SSSR count). The summed E-state index contributed by atoms with van der Waals surface area (Å²) in [6.07, 6.45) is 0.934. The van der Waals surface area contributed by atoms with Gasteiger partial charge < -0.3 is 30.6 Å². The zero-order chi connectivity index (χ0) is 22.9. The highest BCUT2D eigenvalue weighted by Gasteiger charge is 2.58. The van der Waals surface area contributed by atoms with Crippen molar-refractivity contribution in [3.8, 4) is 0 Å². The Labute approximate surface area is 197 Å². The molecule has 0 aliphatic carbocycles. The van der Waals surface area contributed by atoms with Crippen molar-refractivity contribution in [3.05, 3.63) is 58.6 Å². The van der Waals surface area contributed by atoms with Crippen molar-refractivity contribution in [2.24, 2.45) is 0 Å². The normalized spacial score (nSPS) is 29.6. The average Bonchev–Trinajstić information content (AvgIpc) is 3.48. The molecule has 33 heavy (non-hydrogen) atoms. The maximum absolute atomic E-state index is 11.1. The fourth-order valence-electron chi connectivity index (χ4n) is 5.10. The van der Waals surface area contributed by atoms with E-state index in [4.69, 9.17) is 10.5 Å². The maximum Gasteiger partial charge on any atom is 0.164 e. The smallest absolute Gasteiger partial charge is 0.164 e. The minimum absolute atomic E-state index is 0.0624. The van der Waals surface area contributed by atoms with Gasteiger partial charge in [-0.1, -0.05) is 12.1 Å². The number of rotatable bonds is 2. The van der Waals surface area contributed by atoms with E-state index >= 15 is 0 Å². The summed E-state index contributed by atoms with van der Waals surface area (Å²) >= 11 is 3.42. The molecule has 170 valence electrons. The number of anilines is 1. The monoisotopic (exact) mass is 510 g/mol. The molecule has 2 fully saturated rings. The molecule has 3 aromatic heterocycles. The summed E-state index contributed by atoms with van der Waals surface area (Å²) in [6, 6.07) is 9.84. The standard InChI is InChI=1S/C23H23BrN6O3/c1-11-14-4-5-30(21(14)28-10-27-11)22-18(31)19(32)23(33-22)8-17(26-9-23)13-3-2-12-6-15(24)20(25)29-16(12)7-13/h2-7,10,17-19,22,26,31-32H,8-9H2,1H3,(H2,25,29)/t17-,18-,19+,22-,23+/m1/s1. The SMILES string of the molecule is Cc1ncnc2c1ccn2[C@@H]1O[C@@]2(CN[C@@H](c3ccc4cc(Br)c(N)nc4c3)C2)[C@@H](O)[C@H]1O. The summed E-state index contributed by atoms with van der Waals surface area (Å²) in [5.74, 6) is 0.439. The molecule has 4 aromatic rings. The van der Waals surface area contributed by atoms with Crippen molar-refractivity contribution in [3.63, 3.8) is 0 Å². The van der Waals surface area contributed by atoms with Crippen LogP contribution in [0.1, 0.15) is 29.9 Å². The lowest BCUT2D eigenvalue weighted by atomic mass is 9.90. The van der Waals surface area contributed by atoms with Gasteiger partial charge in [0, 0.05) is 29.6 Å². The quantitative estimate of drug-likeness (QED) is 0.323. The Bertz CT molecular complexity index is 1390. The van der Waals surface area contributed by atoms with Crippen molar-refractivity contribution in [1.29, 1.82) is 0 Å². The molecular weight excluding hydrogens is 488 g/mol. The molecule has 0 bridgehead atoms. The molecule has 0 unspecified atom stereocenters. The Morgan fingerprint density at radius 3 is 2.94 bits per heavy atom. The predicted octanol–water partition coefficient (Wildman–Crippen LogP) is 2.36. The first-order chi connectivity index (χ1) is 15.9. The van der Waals surface area contributed by atoms with Gasteiger partial charge in [-0.3, -0.25) is 0 Å². The first-order valence-electron chi connectivity index (χ1n) is 10.8. The summed E-state index contributed by atoms with van der Waals surface area (Å²) < 4.78 is 8.94. The highest BCUT2D eigenvalue weighted by molar-refractivity contribution is 9.10. The van der Waals surface area contributed by atoms with E-state index in [1.54, 1.807) is 4.57 Å². The lowest BCUT2D eigenvalue weighted by molar-refractivity contribution is -0.0912. The fraction of sp³-hybridized carbons (Fsp3) is 0.348. The molecule has 10 heteroatoms. The molecule has 5 atom stereocenters. The number of aryl methyl sites for hydroxylation is 1. The number of hydrogen-bond donors (Lipinski definition) is 4. The third kappa shape index (κ3) is 3.17. The lowest BCUT2D eigenvalue weighted by Gasteiger charge is -2.26. The van der Waals surface area contributed by atoms with Crippen molar-refractivity contribution in [1.82, 2.24) is 24.8 Å². The lowest BCUT2D eigenvalue weighted by Crippen LogP contribution is -2.44. The Balaban J connectivity index is 1.30. The number of hydrogen-bond acceptors (Lipinski definition) is 8. The predicted molar refractivity (Wildman–Crippen MR) is 126 cm³/mol. The van der Waals surface area contributed by atoms with Crippen LogP contribution < -0.4 is 11.1 Å². The molecule has 2 aliphatic heterocycles. The van der Waals surface area contributed by atoms with E-state index in [0.717, 1.165) is 32.0 Å². The van der Waals surface area contributed by atoms with Gasteiger partial charge in [0.2, 0.25) is 0 Å². The molecule has 0 saturated carbocycles. The number of ether oxygens (including phenoxy) is 1. The molecule has 0 amide bonds.